The Morgan fingerprint density at radius 1 is 0.975 bits per heavy atom. The van der Waals surface area contributed by atoms with Crippen LogP contribution in [0.1, 0.15) is 46.0 Å². The summed E-state index contributed by atoms with van der Waals surface area (Å²) < 4.78 is 0. The first kappa shape index (κ1) is 31.1. The number of nitrogens with two attached hydrogens (primary N) is 1. The summed E-state index contributed by atoms with van der Waals surface area (Å²) in [4.78, 5) is 45.4. The van der Waals surface area contributed by atoms with Crippen LogP contribution < -0.4 is 5.73 Å². The highest BCUT2D eigenvalue weighted by atomic mass is 16.2. The van der Waals surface area contributed by atoms with Crippen LogP contribution in [0.2, 0.25) is 0 Å². The molecule has 0 fully saturated rings. The van der Waals surface area contributed by atoms with Gasteiger partial charge >= 0.3 is 0 Å². The Kier molecular flexibility index (Phi) is 10.7. The Labute approximate surface area is 240 Å². The number of hydrogen-bond acceptors (Lipinski definition) is 4. The molecule has 40 heavy (non-hydrogen) atoms. The summed E-state index contributed by atoms with van der Waals surface area (Å²) in [5, 5.41) is 0. The van der Waals surface area contributed by atoms with E-state index in [0.29, 0.717) is 19.3 Å². The molecule has 0 spiro atoms. The van der Waals surface area contributed by atoms with Gasteiger partial charge in [0.25, 0.3) is 0 Å². The summed E-state index contributed by atoms with van der Waals surface area (Å²) in [6.07, 6.45) is 27.2. The molecule has 0 radical (unpaired) electrons. The maximum atomic E-state index is 14.2. The fraction of sp³-hybridized carbons (Fsp3) is 0.485. The second kappa shape index (κ2) is 13.8. The zero-order valence-electron chi connectivity index (χ0n) is 24.9. The average molecular weight is 547 g/mol. The van der Waals surface area contributed by atoms with Gasteiger partial charge in [-0.05, 0) is 62.7 Å². The van der Waals surface area contributed by atoms with Gasteiger partial charge in [0.15, 0.2) is 0 Å². The van der Waals surface area contributed by atoms with E-state index in [-0.39, 0.29) is 29.6 Å². The molecular formula is C33H46N4O3. The number of amides is 3. The van der Waals surface area contributed by atoms with Gasteiger partial charge in [-0.2, -0.15) is 0 Å². The minimum atomic E-state index is -0.771. The Morgan fingerprint density at radius 3 is 2.35 bits per heavy atom. The molecule has 3 amide bonds. The van der Waals surface area contributed by atoms with Crippen molar-refractivity contribution >= 4 is 17.7 Å². The van der Waals surface area contributed by atoms with Crippen molar-refractivity contribution in [3.8, 4) is 0 Å². The van der Waals surface area contributed by atoms with E-state index in [9.17, 15) is 14.4 Å². The van der Waals surface area contributed by atoms with E-state index >= 15 is 0 Å². The zero-order chi connectivity index (χ0) is 29.4. The quantitative estimate of drug-likeness (QED) is 0.391. The number of carbonyl (C=O) groups excluding carboxylic acids is 3. The number of fused-ring (bicyclic) bond motifs is 1. The molecule has 2 unspecified atom stereocenters. The molecule has 0 saturated heterocycles. The molecule has 0 saturated carbocycles. The Balaban J connectivity index is 1.88. The van der Waals surface area contributed by atoms with E-state index < -0.39 is 17.6 Å². The van der Waals surface area contributed by atoms with Gasteiger partial charge in [-0.25, -0.2) is 0 Å². The molecule has 3 aliphatic carbocycles. The van der Waals surface area contributed by atoms with E-state index in [0.717, 1.165) is 18.4 Å². The lowest BCUT2D eigenvalue weighted by Gasteiger charge is -2.36. The Bertz CT molecular complexity index is 1160. The molecular weight excluding hydrogens is 500 g/mol. The molecule has 216 valence electrons. The lowest BCUT2D eigenvalue weighted by Crippen LogP contribution is -2.54. The number of rotatable bonds is 11. The zero-order valence-corrected chi connectivity index (χ0v) is 24.9. The molecule has 3 aliphatic rings. The molecule has 0 aliphatic heterocycles. The first-order valence-corrected chi connectivity index (χ1v) is 14.2. The van der Waals surface area contributed by atoms with Gasteiger partial charge in [0.2, 0.25) is 17.7 Å². The highest BCUT2D eigenvalue weighted by molar-refractivity contribution is 5.95. The maximum Gasteiger partial charge on any atom is 0.246 e. The number of hydrogen-bond donors (Lipinski definition) is 1. The number of allylic oxidation sites excluding steroid dienone is 11. The van der Waals surface area contributed by atoms with Crippen LogP contribution in [-0.4, -0.2) is 78.2 Å². The standard InChI is InChI=1S/C33H46N4O3/c1-33(2,34)20-12-17-30(38)36(5)29(23-25-18-19-26-15-10-11-16-27(26)21-25)32(40)37(6)28(31(39)35(3)4)22-24-13-8-7-9-14-24/h7-13,15,17-19,21,24,27-29H,14,16,20,22-23,34H2,1-6H3/b17-12+/t24?,27?,28-,29-/m1/s1. The predicted molar refractivity (Wildman–Crippen MR) is 162 cm³/mol. The van der Waals surface area contributed by atoms with Gasteiger partial charge in [-0.1, -0.05) is 66.8 Å². The highest BCUT2D eigenvalue weighted by Gasteiger charge is 2.36. The van der Waals surface area contributed by atoms with E-state index in [1.807, 2.05) is 32.1 Å². The molecule has 7 nitrogen and oxygen atoms in total. The second-order valence-corrected chi connectivity index (χ2v) is 12.0. The predicted octanol–water partition coefficient (Wildman–Crippen LogP) is 4.32. The lowest BCUT2D eigenvalue weighted by atomic mass is 9.84. The summed E-state index contributed by atoms with van der Waals surface area (Å²) >= 11 is 0. The van der Waals surface area contributed by atoms with Crippen LogP contribution in [0.15, 0.2) is 84.1 Å². The summed E-state index contributed by atoms with van der Waals surface area (Å²) in [6.45, 7) is 3.80. The van der Waals surface area contributed by atoms with Crippen molar-refractivity contribution in [1.82, 2.24) is 14.7 Å². The molecule has 0 bridgehead atoms. The largest absolute Gasteiger partial charge is 0.347 e. The molecule has 7 heteroatoms. The van der Waals surface area contributed by atoms with E-state index in [1.165, 1.54) is 21.4 Å². The van der Waals surface area contributed by atoms with Crippen molar-refractivity contribution in [2.24, 2.45) is 17.6 Å². The van der Waals surface area contributed by atoms with E-state index in [4.69, 9.17) is 5.73 Å². The fourth-order valence-electron chi connectivity index (χ4n) is 5.21. The van der Waals surface area contributed by atoms with Crippen LogP contribution in [0.4, 0.5) is 0 Å². The Morgan fingerprint density at radius 2 is 1.70 bits per heavy atom. The van der Waals surface area contributed by atoms with E-state index in [2.05, 4.69) is 42.5 Å². The SMILES string of the molecule is CN(C)C(=O)[C@@H](CC1C=CC=CC1)N(C)C(=O)[C@@H](CC1=CC2CC=CC=C2C=C1)N(C)C(=O)/C=C/CC(C)(C)N. The minimum Gasteiger partial charge on any atom is -0.347 e. The van der Waals surface area contributed by atoms with Crippen LogP contribution in [0, 0.1) is 11.8 Å². The van der Waals surface area contributed by atoms with Crippen LogP contribution in [0.25, 0.3) is 0 Å². The first-order chi connectivity index (χ1) is 18.9. The van der Waals surface area contributed by atoms with Crippen molar-refractivity contribution in [3.05, 3.63) is 84.1 Å². The van der Waals surface area contributed by atoms with Gasteiger partial charge in [-0.3, -0.25) is 14.4 Å². The number of carbonyl (C=O) groups is 3. The van der Waals surface area contributed by atoms with Crippen LogP contribution in [0.5, 0.6) is 0 Å². The first-order valence-electron chi connectivity index (χ1n) is 14.2. The summed E-state index contributed by atoms with van der Waals surface area (Å²) in [5.74, 6) is -0.230. The van der Waals surface area contributed by atoms with Crippen LogP contribution in [0.3, 0.4) is 0 Å². The van der Waals surface area contributed by atoms with Crippen molar-refractivity contribution in [2.45, 2.75) is 63.6 Å². The van der Waals surface area contributed by atoms with Gasteiger partial charge in [-0.15, -0.1) is 0 Å². The Hall–Kier alpha value is -3.45. The third-order valence-electron chi connectivity index (χ3n) is 7.72. The molecule has 3 rings (SSSR count). The monoisotopic (exact) mass is 546 g/mol. The lowest BCUT2D eigenvalue weighted by molar-refractivity contribution is -0.148. The highest BCUT2D eigenvalue weighted by Crippen LogP contribution is 2.31. The van der Waals surface area contributed by atoms with Crippen molar-refractivity contribution < 1.29 is 14.4 Å². The maximum absolute atomic E-state index is 14.2. The van der Waals surface area contributed by atoms with Gasteiger partial charge in [0.1, 0.15) is 12.1 Å². The normalized spacial score (nSPS) is 21.4. The molecule has 0 aromatic carbocycles. The van der Waals surface area contributed by atoms with Crippen LogP contribution >= 0.6 is 0 Å². The van der Waals surface area contributed by atoms with E-state index in [1.54, 1.807) is 39.2 Å². The fourth-order valence-corrected chi connectivity index (χ4v) is 5.21. The van der Waals surface area contributed by atoms with Gasteiger partial charge in [0, 0.05) is 46.1 Å². The smallest absolute Gasteiger partial charge is 0.246 e. The van der Waals surface area contributed by atoms with Gasteiger partial charge in [0.05, 0.1) is 0 Å². The van der Waals surface area contributed by atoms with Crippen LogP contribution in [-0.2, 0) is 14.4 Å². The summed E-state index contributed by atoms with van der Waals surface area (Å²) in [5.41, 5.74) is 7.89. The number of nitrogens with zero attached hydrogens (tertiary/aromatic N) is 3. The topological polar surface area (TPSA) is 87.0 Å². The molecule has 0 aromatic rings. The molecule has 4 atom stereocenters. The summed E-state index contributed by atoms with van der Waals surface area (Å²) in [6, 6.07) is -1.41. The van der Waals surface area contributed by atoms with Crippen molar-refractivity contribution in [3.63, 3.8) is 0 Å². The molecule has 0 heterocycles. The van der Waals surface area contributed by atoms with Gasteiger partial charge < -0.3 is 20.4 Å². The third-order valence-corrected chi connectivity index (χ3v) is 7.72. The molecule has 2 N–H and O–H groups in total. The van der Waals surface area contributed by atoms with Crippen molar-refractivity contribution in [2.75, 3.05) is 28.2 Å². The summed E-state index contributed by atoms with van der Waals surface area (Å²) in [7, 11) is 6.77. The second-order valence-electron chi connectivity index (χ2n) is 12.0. The van der Waals surface area contributed by atoms with Crippen molar-refractivity contribution in [1.29, 1.82) is 0 Å². The molecule has 0 aromatic heterocycles. The minimum absolute atomic E-state index is 0.128. The average Bonchev–Trinajstić information content (AvgIpc) is 2.92. The third kappa shape index (κ3) is 8.52. The number of likely N-dealkylation sites (N-methyl/N-ethyl adjacent to an activating group) is 3.